The summed E-state index contributed by atoms with van der Waals surface area (Å²) in [6.45, 7) is 0. The van der Waals surface area contributed by atoms with Crippen LogP contribution in [-0.4, -0.2) is 33.5 Å². The Morgan fingerprint density at radius 2 is 1.27 bits per heavy atom. The molecule has 2 rings (SSSR count). The van der Waals surface area contributed by atoms with E-state index in [9.17, 15) is 0 Å². The summed E-state index contributed by atoms with van der Waals surface area (Å²) in [6.07, 6.45) is 4.40. The molecule has 15 heavy (non-hydrogen) atoms. The molecule has 1 heterocycles. The second kappa shape index (κ2) is 3.91. The topological polar surface area (TPSA) is 46.2 Å². The molecular formula is C9H19O5P. The van der Waals surface area contributed by atoms with Crippen LogP contribution < -0.4 is 0 Å². The number of hydrogen-bond acceptors (Lipinski definition) is 5. The van der Waals surface area contributed by atoms with E-state index in [4.69, 9.17) is 22.6 Å². The Hall–Kier alpha value is 0.230. The Kier molecular flexibility index (Phi) is 3.05. The zero-order chi connectivity index (χ0) is 11.0. The van der Waals surface area contributed by atoms with Crippen molar-refractivity contribution in [3.63, 3.8) is 0 Å². The SMILES string of the molecule is COP1(OC)(OC)OC2CCCCC2O1. The fraction of sp³-hybridized carbons (Fsp3) is 1.00. The molecule has 0 N–H and O–H groups in total. The van der Waals surface area contributed by atoms with Gasteiger partial charge in [-0.1, -0.05) is 0 Å². The molecule has 1 saturated heterocycles. The second-order valence-electron chi connectivity index (χ2n) is 3.87. The summed E-state index contributed by atoms with van der Waals surface area (Å²) in [6, 6.07) is 0. The van der Waals surface area contributed by atoms with Crippen molar-refractivity contribution in [2.75, 3.05) is 21.3 Å². The molecule has 1 aliphatic carbocycles. The van der Waals surface area contributed by atoms with Gasteiger partial charge in [0.05, 0.1) is 0 Å². The van der Waals surface area contributed by atoms with Crippen molar-refractivity contribution in [1.29, 1.82) is 0 Å². The van der Waals surface area contributed by atoms with Crippen LogP contribution in [0.15, 0.2) is 0 Å². The van der Waals surface area contributed by atoms with Gasteiger partial charge in [-0.3, -0.25) is 0 Å². The van der Waals surface area contributed by atoms with Crippen LogP contribution in [-0.2, 0) is 22.6 Å². The van der Waals surface area contributed by atoms with E-state index in [1.165, 1.54) is 21.3 Å². The molecule has 0 aromatic heterocycles. The molecule has 2 fully saturated rings. The van der Waals surface area contributed by atoms with Gasteiger partial charge in [0.15, 0.2) is 0 Å². The van der Waals surface area contributed by atoms with Crippen molar-refractivity contribution in [3.8, 4) is 0 Å². The van der Waals surface area contributed by atoms with E-state index in [0.717, 1.165) is 25.7 Å². The molecule has 6 heteroatoms. The van der Waals surface area contributed by atoms with E-state index in [0.29, 0.717) is 0 Å². The molecular weight excluding hydrogens is 219 g/mol. The Bertz CT molecular complexity index is 214. The number of rotatable bonds is 3. The molecule has 0 spiro atoms. The Balaban J connectivity index is 2.22. The van der Waals surface area contributed by atoms with Gasteiger partial charge in [-0.25, -0.2) is 0 Å². The molecule has 0 amide bonds. The van der Waals surface area contributed by atoms with Crippen LogP contribution in [0, 0.1) is 0 Å². The fourth-order valence-corrected chi connectivity index (χ4v) is 4.63. The first kappa shape index (κ1) is 11.7. The van der Waals surface area contributed by atoms with Gasteiger partial charge in [0.1, 0.15) is 0 Å². The average molecular weight is 238 g/mol. The fourth-order valence-electron chi connectivity index (χ4n) is 2.25. The van der Waals surface area contributed by atoms with Crippen LogP contribution in [0.5, 0.6) is 0 Å². The third kappa shape index (κ3) is 1.71. The molecule has 1 aliphatic heterocycles. The maximum absolute atomic E-state index is 5.83. The summed E-state index contributed by atoms with van der Waals surface area (Å²) < 4.78 is 27.6. The second-order valence-corrected chi connectivity index (χ2v) is 6.87. The van der Waals surface area contributed by atoms with Crippen molar-refractivity contribution in [2.24, 2.45) is 0 Å². The third-order valence-corrected chi connectivity index (χ3v) is 6.17. The number of hydrogen-bond donors (Lipinski definition) is 0. The molecule has 0 aromatic carbocycles. The minimum atomic E-state index is -3.71. The molecule has 1 saturated carbocycles. The Morgan fingerprint density at radius 3 is 1.60 bits per heavy atom. The summed E-state index contributed by atoms with van der Waals surface area (Å²) in [5.74, 6) is 0. The molecule has 0 radical (unpaired) electrons. The van der Waals surface area contributed by atoms with Gasteiger partial charge in [0, 0.05) is 0 Å². The molecule has 0 bridgehead atoms. The van der Waals surface area contributed by atoms with Crippen molar-refractivity contribution >= 4 is 7.74 Å². The summed E-state index contributed by atoms with van der Waals surface area (Å²) in [5, 5.41) is 0. The van der Waals surface area contributed by atoms with E-state index in [2.05, 4.69) is 0 Å². The Labute approximate surface area is 90.3 Å². The van der Waals surface area contributed by atoms with Gasteiger partial charge in [-0.15, -0.1) is 0 Å². The molecule has 5 nitrogen and oxygen atoms in total. The predicted octanol–water partition coefficient (Wildman–Crippen LogP) is 2.41. The summed E-state index contributed by atoms with van der Waals surface area (Å²) in [4.78, 5) is 0. The maximum atomic E-state index is 5.83. The van der Waals surface area contributed by atoms with Crippen molar-refractivity contribution in [1.82, 2.24) is 0 Å². The van der Waals surface area contributed by atoms with Gasteiger partial charge in [-0.2, -0.15) is 0 Å². The molecule has 2 aliphatic rings. The van der Waals surface area contributed by atoms with Crippen LogP contribution >= 0.6 is 7.74 Å². The summed E-state index contributed by atoms with van der Waals surface area (Å²) >= 11 is 0. The average Bonchev–Trinajstić information content (AvgIpc) is 2.66. The van der Waals surface area contributed by atoms with Crippen molar-refractivity contribution in [2.45, 2.75) is 37.9 Å². The van der Waals surface area contributed by atoms with Gasteiger partial charge in [0.25, 0.3) is 0 Å². The number of fused-ring (bicyclic) bond motifs is 1. The first-order valence-corrected chi connectivity index (χ1v) is 7.08. The summed E-state index contributed by atoms with van der Waals surface area (Å²) in [5.41, 5.74) is 0. The third-order valence-electron chi connectivity index (χ3n) is 3.15. The van der Waals surface area contributed by atoms with Crippen molar-refractivity contribution in [3.05, 3.63) is 0 Å². The first-order chi connectivity index (χ1) is 7.17. The molecule has 0 aromatic rings. The monoisotopic (exact) mass is 238 g/mol. The standard InChI is InChI=1S/C9H19O5P/c1-10-15(11-2,12-3)13-8-6-4-5-7-9(8)14-15/h8-9H,4-7H2,1-3H3. The Morgan fingerprint density at radius 1 is 0.867 bits per heavy atom. The molecule has 2 unspecified atom stereocenters. The van der Waals surface area contributed by atoms with Gasteiger partial charge < -0.3 is 0 Å². The van der Waals surface area contributed by atoms with E-state index in [1.807, 2.05) is 0 Å². The van der Waals surface area contributed by atoms with E-state index >= 15 is 0 Å². The van der Waals surface area contributed by atoms with Crippen LogP contribution in [0.2, 0.25) is 0 Å². The van der Waals surface area contributed by atoms with Crippen LogP contribution in [0.1, 0.15) is 25.7 Å². The van der Waals surface area contributed by atoms with Gasteiger partial charge in [-0.05, 0) is 0 Å². The normalized spacial score (nSPS) is 40.3. The minimum absolute atomic E-state index is 0.0521. The van der Waals surface area contributed by atoms with Crippen LogP contribution in [0.4, 0.5) is 0 Å². The molecule has 90 valence electrons. The van der Waals surface area contributed by atoms with Crippen molar-refractivity contribution < 1.29 is 22.6 Å². The molecule has 2 atom stereocenters. The first-order valence-electron chi connectivity index (χ1n) is 5.26. The van der Waals surface area contributed by atoms with Gasteiger partial charge in [0.2, 0.25) is 0 Å². The predicted molar refractivity (Wildman–Crippen MR) is 56.2 cm³/mol. The van der Waals surface area contributed by atoms with Crippen LogP contribution in [0.25, 0.3) is 0 Å². The quantitative estimate of drug-likeness (QED) is 0.706. The van der Waals surface area contributed by atoms with Crippen LogP contribution in [0.3, 0.4) is 0 Å². The zero-order valence-corrected chi connectivity index (χ0v) is 10.4. The van der Waals surface area contributed by atoms with E-state index in [1.54, 1.807) is 0 Å². The zero-order valence-electron chi connectivity index (χ0n) is 9.47. The summed E-state index contributed by atoms with van der Waals surface area (Å²) in [7, 11) is 0.801. The van der Waals surface area contributed by atoms with E-state index in [-0.39, 0.29) is 12.2 Å². The van der Waals surface area contributed by atoms with E-state index < -0.39 is 7.74 Å². The van der Waals surface area contributed by atoms with Gasteiger partial charge >= 0.3 is 89.6 Å².